The van der Waals surface area contributed by atoms with E-state index in [0.717, 1.165) is 19.4 Å². The van der Waals surface area contributed by atoms with Crippen molar-refractivity contribution in [3.8, 4) is 0 Å². The van der Waals surface area contributed by atoms with Crippen LogP contribution in [0.2, 0.25) is 0 Å². The number of carbonyl (C=O) groups excluding carboxylic acids is 1. The zero-order valence-electron chi connectivity index (χ0n) is 7.14. The maximum Gasteiger partial charge on any atom is 0.138 e. The lowest BCUT2D eigenvalue weighted by Crippen LogP contribution is -2.22. The minimum Gasteiger partial charge on any atom is -0.381 e. The first-order valence-corrected chi connectivity index (χ1v) is 4.45. The van der Waals surface area contributed by atoms with E-state index in [2.05, 4.69) is 0 Å². The molecule has 0 unspecified atom stereocenters. The average Bonchev–Trinajstić information content (AvgIpc) is 1.84. The Morgan fingerprint density at radius 1 is 1.55 bits per heavy atom. The normalized spacial score (nSPS) is 17.9. The van der Waals surface area contributed by atoms with Gasteiger partial charge in [-0.3, -0.25) is 4.79 Å². The Balaban J connectivity index is 2.01. The maximum absolute atomic E-state index is 11.2. The number of Topliss-reactive ketones (excluding diaryl/α,β-unsaturated/α-hetero) is 1. The highest BCUT2D eigenvalue weighted by Crippen LogP contribution is 2.27. The largest absolute Gasteiger partial charge is 0.381 e. The molecule has 0 bridgehead atoms. The first kappa shape index (κ1) is 8.72. The van der Waals surface area contributed by atoms with E-state index in [1.807, 2.05) is 6.92 Å². The number of ether oxygens (including phenoxy) is 1. The molecule has 1 saturated carbocycles. The molecule has 64 valence electrons. The summed E-state index contributed by atoms with van der Waals surface area (Å²) in [5.74, 6) is 0.792. The second-order valence-corrected chi connectivity index (χ2v) is 3.04. The zero-order chi connectivity index (χ0) is 8.10. The van der Waals surface area contributed by atoms with Crippen molar-refractivity contribution < 1.29 is 9.53 Å². The average molecular weight is 156 g/mol. The van der Waals surface area contributed by atoms with Gasteiger partial charge in [-0.25, -0.2) is 0 Å². The molecule has 11 heavy (non-hydrogen) atoms. The van der Waals surface area contributed by atoms with Crippen molar-refractivity contribution in [3.63, 3.8) is 0 Å². The molecule has 0 N–H and O–H groups in total. The third kappa shape index (κ3) is 2.62. The van der Waals surface area contributed by atoms with E-state index >= 15 is 0 Å². The lowest BCUT2D eigenvalue weighted by Gasteiger charge is -2.23. The molecule has 0 aromatic carbocycles. The highest BCUT2D eigenvalue weighted by atomic mass is 16.5. The molecule has 0 atom stereocenters. The predicted molar refractivity (Wildman–Crippen MR) is 43.5 cm³/mol. The SMILES string of the molecule is CCOCCC(=O)C1CCC1. The van der Waals surface area contributed by atoms with Crippen LogP contribution in [-0.2, 0) is 9.53 Å². The summed E-state index contributed by atoms with van der Waals surface area (Å²) in [6.45, 7) is 3.29. The second kappa shape index (κ2) is 4.50. The van der Waals surface area contributed by atoms with Crippen LogP contribution in [0.4, 0.5) is 0 Å². The molecular weight excluding hydrogens is 140 g/mol. The fraction of sp³-hybridized carbons (Fsp3) is 0.889. The van der Waals surface area contributed by atoms with E-state index in [-0.39, 0.29) is 0 Å². The molecular formula is C9H16O2. The number of carbonyl (C=O) groups is 1. The highest BCUT2D eigenvalue weighted by molar-refractivity contribution is 5.81. The van der Waals surface area contributed by atoms with Crippen molar-refractivity contribution in [2.24, 2.45) is 5.92 Å². The van der Waals surface area contributed by atoms with Crippen molar-refractivity contribution in [1.82, 2.24) is 0 Å². The minimum atomic E-state index is 0.385. The van der Waals surface area contributed by atoms with Crippen LogP contribution in [-0.4, -0.2) is 19.0 Å². The summed E-state index contributed by atoms with van der Waals surface area (Å²) in [5, 5.41) is 0. The number of hydrogen-bond acceptors (Lipinski definition) is 2. The summed E-state index contributed by atoms with van der Waals surface area (Å²) in [6, 6.07) is 0. The quantitative estimate of drug-likeness (QED) is 0.567. The summed E-state index contributed by atoms with van der Waals surface area (Å²) in [4.78, 5) is 11.2. The molecule has 0 heterocycles. The van der Waals surface area contributed by atoms with Gasteiger partial charge in [0.1, 0.15) is 5.78 Å². The van der Waals surface area contributed by atoms with E-state index in [4.69, 9.17) is 4.74 Å². The van der Waals surface area contributed by atoms with Crippen molar-refractivity contribution >= 4 is 5.78 Å². The van der Waals surface area contributed by atoms with Crippen molar-refractivity contribution in [2.75, 3.05) is 13.2 Å². The summed E-state index contributed by atoms with van der Waals surface area (Å²) in [7, 11) is 0. The van der Waals surface area contributed by atoms with Gasteiger partial charge in [0.2, 0.25) is 0 Å². The predicted octanol–water partition coefficient (Wildman–Crippen LogP) is 1.78. The van der Waals surface area contributed by atoms with Gasteiger partial charge in [0.25, 0.3) is 0 Å². The van der Waals surface area contributed by atoms with Crippen LogP contribution in [0.15, 0.2) is 0 Å². The van der Waals surface area contributed by atoms with Crippen molar-refractivity contribution in [1.29, 1.82) is 0 Å². The number of rotatable bonds is 5. The van der Waals surface area contributed by atoms with E-state index in [1.54, 1.807) is 0 Å². The smallest absolute Gasteiger partial charge is 0.138 e. The molecule has 0 radical (unpaired) electrons. The Morgan fingerprint density at radius 3 is 2.73 bits per heavy atom. The topological polar surface area (TPSA) is 26.3 Å². The zero-order valence-corrected chi connectivity index (χ0v) is 7.14. The fourth-order valence-corrected chi connectivity index (χ4v) is 1.25. The van der Waals surface area contributed by atoms with Gasteiger partial charge >= 0.3 is 0 Å². The van der Waals surface area contributed by atoms with E-state index < -0.39 is 0 Å². The van der Waals surface area contributed by atoms with Gasteiger partial charge in [-0.15, -0.1) is 0 Å². The van der Waals surface area contributed by atoms with Crippen LogP contribution in [0.1, 0.15) is 32.6 Å². The van der Waals surface area contributed by atoms with Gasteiger partial charge in [-0.05, 0) is 19.8 Å². The fourth-order valence-electron chi connectivity index (χ4n) is 1.25. The molecule has 1 fully saturated rings. The monoisotopic (exact) mass is 156 g/mol. The molecule has 0 spiro atoms. The molecule has 1 rings (SSSR count). The van der Waals surface area contributed by atoms with Crippen LogP contribution in [0.5, 0.6) is 0 Å². The third-order valence-corrected chi connectivity index (χ3v) is 2.26. The van der Waals surface area contributed by atoms with E-state index in [9.17, 15) is 4.79 Å². The van der Waals surface area contributed by atoms with Crippen LogP contribution < -0.4 is 0 Å². The van der Waals surface area contributed by atoms with Crippen LogP contribution in [0, 0.1) is 5.92 Å². The molecule has 0 aromatic heterocycles. The summed E-state index contributed by atoms with van der Waals surface area (Å²) in [5.41, 5.74) is 0. The Bertz CT molecular complexity index is 128. The van der Waals surface area contributed by atoms with Crippen LogP contribution in [0.25, 0.3) is 0 Å². The Morgan fingerprint density at radius 2 is 2.27 bits per heavy atom. The lowest BCUT2D eigenvalue weighted by molar-refractivity contribution is -0.126. The lowest BCUT2D eigenvalue weighted by atomic mass is 9.81. The number of hydrogen-bond donors (Lipinski definition) is 0. The molecule has 0 saturated heterocycles. The maximum atomic E-state index is 11.2. The first-order chi connectivity index (χ1) is 5.34. The van der Waals surface area contributed by atoms with Gasteiger partial charge in [0.15, 0.2) is 0 Å². The summed E-state index contributed by atoms with van der Waals surface area (Å²) < 4.78 is 5.10. The van der Waals surface area contributed by atoms with Gasteiger partial charge in [0, 0.05) is 18.9 Å². The van der Waals surface area contributed by atoms with Crippen molar-refractivity contribution in [2.45, 2.75) is 32.6 Å². The third-order valence-electron chi connectivity index (χ3n) is 2.26. The van der Waals surface area contributed by atoms with E-state index in [1.165, 1.54) is 6.42 Å². The molecule has 1 aliphatic rings. The Labute approximate surface area is 67.9 Å². The molecule has 0 amide bonds. The molecule has 0 aliphatic heterocycles. The van der Waals surface area contributed by atoms with Crippen LogP contribution in [0.3, 0.4) is 0 Å². The van der Waals surface area contributed by atoms with Gasteiger partial charge in [-0.1, -0.05) is 6.42 Å². The Hall–Kier alpha value is -0.370. The molecule has 2 heteroatoms. The van der Waals surface area contributed by atoms with Crippen LogP contribution >= 0.6 is 0 Å². The van der Waals surface area contributed by atoms with Gasteiger partial charge in [-0.2, -0.15) is 0 Å². The molecule has 2 nitrogen and oxygen atoms in total. The Kier molecular flexibility index (Phi) is 3.57. The standard InChI is InChI=1S/C9H16O2/c1-2-11-7-6-9(10)8-4-3-5-8/h8H,2-7H2,1H3. The minimum absolute atomic E-state index is 0.385. The molecule has 0 aromatic rings. The highest BCUT2D eigenvalue weighted by Gasteiger charge is 2.24. The summed E-state index contributed by atoms with van der Waals surface area (Å²) >= 11 is 0. The first-order valence-electron chi connectivity index (χ1n) is 4.45. The summed E-state index contributed by atoms with van der Waals surface area (Å²) in [6.07, 6.45) is 4.10. The van der Waals surface area contributed by atoms with E-state index in [0.29, 0.717) is 24.7 Å². The molecule has 1 aliphatic carbocycles. The van der Waals surface area contributed by atoms with Gasteiger partial charge in [0.05, 0.1) is 6.61 Å². The second-order valence-electron chi connectivity index (χ2n) is 3.04. The van der Waals surface area contributed by atoms with Gasteiger partial charge < -0.3 is 4.74 Å². The van der Waals surface area contributed by atoms with Crippen molar-refractivity contribution in [3.05, 3.63) is 0 Å². The number of ketones is 1.